The van der Waals surface area contributed by atoms with Gasteiger partial charge in [0, 0.05) is 5.56 Å². The molecule has 1 aliphatic rings. The Bertz CT molecular complexity index is 832. The minimum absolute atomic E-state index is 0.0109. The van der Waals surface area contributed by atoms with Gasteiger partial charge in [-0.25, -0.2) is 9.59 Å². The van der Waals surface area contributed by atoms with Crippen molar-refractivity contribution < 1.29 is 24.2 Å². The maximum atomic E-state index is 12.6. The van der Waals surface area contributed by atoms with Gasteiger partial charge in [0.1, 0.15) is 11.5 Å². The molecule has 0 amide bonds. The van der Waals surface area contributed by atoms with Crippen LogP contribution in [0.25, 0.3) is 0 Å². The predicted octanol–water partition coefficient (Wildman–Crippen LogP) is 4.83. The zero-order valence-corrected chi connectivity index (χ0v) is 15.7. The molecule has 0 spiro atoms. The molecule has 0 unspecified atom stereocenters. The van der Waals surface area contributed by atoms with Crippen LogP contribution >= 0.6 is 0 Å². The molecular formula is C22H24O5. The number of hydrogen-bond acceptors (Lipinski definition) is 4. The Morgan fingerprint density at radius 3 is 2.19 bits per heavy atom. The fourth-order valence-corrected chi connectivity index (χ4v) is 3.74. The third-order valence-electron chi connectivity index (χ3n) is 5.35. The number of carboxylic acid groups (broad SMARTS) is 1. The predicted molar refractivity (Wildman–Crippen MR) is 102 cm³/mol. The van der Waals surface area contributed by atoms with E-state index in [9.17, 15) is 9.59 Å². The van der Waals surface area contributed by atoms with Crippen LogP contribution in [0.5, 0.6) is 11.5 Å². The SMILES string of the molecule is COc1ccc(C(=O)Oc2ccc(C(=O)O)cc2)cc1C1(C)CCCCC1. The maximum absolute atomic E-state index is 12.6. The Morgan fingerprint density at radius 1 is 0.963 bits per heavy atom. The molecule has 2 aromatic rings. The third kappa shape index (κ3) is 4.13. The van der Waals surface area contributed by atoms with Crippen LogP contribution in [0.2, 0.25) is 0 Å². The summed E-state index contributed by atoms with van der Waals surface area (Å²) < 4.78 is 11.0. The highest BCUT2D eigenvalue weighted by Gasteiger charge is 2.32. The van der Waals surface area contributed by atoms with Gasteiger partial charge in [0.05, 0.1) is 18.2 Å². The molecule has 27 heavy (non-hydrogen) atoms. The quantitative estimate of drug-likeness (QED) is 0.604. The van der Waals surface area contributed by atoms with Crippen LogP contribution in [0.3, 0.4) is 0 Å². The smallest absolute Gasteiger partial charge is 0.343 e. The summed E-state index contributed by atoms with van der Waals surface area (Å²) in [7, 11) is 1.65. The lowest BCUT2D eigenvalue weighted by atomic mass is 9.70. The summed E-state index contributed by atoms with van der Waals surface area (Å²) in [5.41, 5.74) is 1.63. The molecule has 1 N–H and O–H groups in total. The first-order chi connectivity index (χ1) is 12.9. The zero-order chi connectivity index (χ0) is 19.4. The minimum atomic E-state index is -1.02. The van der Waals surface area contributed by atoms with E-state index in [-0.39, 0.29) is 11.0 Å². The number of carbonyl (C=O) groups excluding carboxylic acids is 1. The second kappa shape index (κ2) is 7.82. The molecule has 0 bridgehead atoms. The van der Waals surface area contributed by atoms with E-state index >= 15 is 0 Å². The molecule has 142 valence electrons. The van der Waals surface area contributed by atoms with Crippen molar-refractivity contribution in [1.82, 2.24) is 0 Å². The molecule has 1 saturated carbocycles. The van der Waals surface area contributed by atoms with Gasteiger partial charge in [-0.05, 0) is 60.7 Å². The Labute approximate surface area is 158 Å². The molecule has 0 saturated heterocycles. The second-order valence-electron chi connectivity index (χ2n) is 7.26. The highest BCUT2D eigenvalue weighted by atomic mass is 16.5. The van der Waals surface area contributed by atoms with E-state index in [1.54, 1.807) is 13.2 Å². The highest BCUT2D eigenvalue weighted by Crippen LogP contribution is 2.43. The number of ether oxygens (including phenoxy) is 2. The molecule has 0 atom stereocenters. The van der Waals surface area contributed by atoms with Gasteiger partial charge in [-0.1, -0.05) is 26.2 Å². The van der Waals surface area contributed by atoms with Gasteiger partial charge in [-0.3, -0.25) is 0 Å². The van der Waals surface area contributed by atoms with Gasteiger partial charge in [0.2, 0.25) is 0 Å². The van der Waals surface area contributed by atoms with Crippen molar-refractivity contribution in [2.45, 2.75) is 44.4 Å². The molecule has 0 aromatic heterocycles. The molecule has 0 aliphatic heterocycles. The summed E-state index contributed by atoms with van der Waals surface area (Å²) in [6.45, 7) is 2.23. The van der Waals surface area contributed by atoms with Crippen molar-refractivity contribution in [2.75, 3.05) is 7.11 Å². The number of benzene rings is 2. The van der Waals surface area contributed by atoms with Gasteiger partial charge in [0.15, 0.2) is 0 Å². The molecule has 0 radical (unpaired) electrons. The normalized spacial score (nSPS) is 15.8. The van der Waals surface area contributed by atoms with Crippen LogP contribution in [0.1, 0.15) is 65.3 Å². The van der Waals surface area contributed by atoms with E-state index in [1.807, 2.05) is 12.1 Å². The lowest BCUT2D eigenvalue weighted by molar-refractivity contribution is 0.0696. The molecule has 3 rings (SSSR count). The summed E-state index contributed by atoms with van der Waals surface area (Å²) >= 11 is 0. The van der Waals surface area contributed by atoms with Crippen molar-refractivity contribution in [3.63, 3.8) is 0 Å². The first-order valence-corrected chi connectivity index (χ1v) is 9.17. The Balaban J connectivity index is 1.84. The Morgan fingerprint density at radius 2 is 1.59 bits per heavy atom. The van der Waals surface area contributed by atoms with Crippen molar-refractivity contribution in [1.29, 1.82) is 0 Å². The summed E-state index contributed by atoms with van der Waals surface area (Å²) in [5, 5.41) is 8.94. The average Bonchev–Trinajstić information content (AvgIpc) is 2.68. The number of rotatable bonds is 5. The number of carboxylic acids is 1. The lowest BCUT2D eigenvalue weighted by Gasteiger charge is -2.35. The van der Waals surface area contributed by atoms with Crippen LogP contribution in [-0.4, -0.2) is 24.2 Å². The van der Waals surface area contributed by atoms with E-state index in [0.29, 0.717) is 11.3 Å². The zero-order valence-electron chi connectivity index (χ0n) is 15.7. The summed E-state index contributed by atoms with van der Waals surface area (Å²) in [4.78, 5) is 23.5. The monoisotopic (exact) mass is 368 g/mol. The van der Waals surface area contributed by atoms with Gasteiger partial charge < -0.3 is 14.6 Å². The molecule has 5 nitrogen and oxygen atoms in total. The van der Waals surface area contributed by atoms with E-state index in [2.05, 4.69) is 6.92 Å². The summed E-state index contributed by atoms with van der Waals surface area (Å²) in [6, 6.07) is 11.2. The van der Waals surface area contributed by atoms with E-state index in [4.69, 9.17) is 14.6 Å². The molecule has 0 heterocycles. The van der Waals surface area contributed by atoms with Crippen molar-refractivity contribution in [2.24, 2.45) is 0 Å². The third-order valence-corrected chi connectivity index (χ3v) is 5.35. The minimum Gasteiger partial charge on any atom is -0.496 e. The van der Waals surface area contributed by atoms with Crippen molar-refractivity contribution >= 4 is 11.9 Å². The highest BCUT2D eigenvalue weighted by molar-refractivity contribution is 5.92. The Hall–Kier alpha value is -2.82. The van der Waals surface area contributed by atoms with Crippen molar-refractivity contribution in [3.05, 3.63) is 59.2 Å². The first-order valence-electron chi connectivity index (χ1n) is 9.17. The topological polar surface area (TPSA) is 72.8 Å². The van der Waals surface area contributed by atoms with Gasteiger partial charge in [0.25, 0.3) is 0 Å². The van der Waals surface area contributed by atoms with Crippen LogP contribution < -0.4 is 9.47 Å². The average molecular weight is 368 g/mol. The van der Waals surface area contributed by atoms with Crippen LogP contribution in [0, 0.1) is 0 Å². The molecule has 1 fully saturated rings. The van der Waals surface area contributed by atoms with Crippen LogP contribution in [0.4, 0.5) is 0 Å². The lowest BCUT2D eigenvalue weighted by Crippen LogP contribution is -2.26. The number of methoxy groups -OCH3 is 1. The fraction of sp³-hybridized carbons (Fsp3) is 0.364. The summed E-state index contributed by atoms with van der Waals surface area (Å²) in [5.74, 6) is -0.386. The maximum Gasteiger partial charge on any atom is 0.343 e. The van der Waals surface area contributed by atoms with Crippen molar-refractivity contribution in [3.8, 4) is 11.5 Å². The number of aromatic carboxylic acids is 1. The standard InChI is InChI=1S/C22H24O5/c1-22(12-4-3-5-13-22)18-14-16(8-11-19(18)26-2)21(25)27-17-9-6-15(7-10-17)20(23)24/h6-11,14H,3-5,12-13H2,1-2H3,(H,23,24). The Kier molecular flexibility index (Phi) is 5.49. The second-order valence-corrected chi connectivity index (χ2v) is 7.26. The van der Waals surface area contributed by atoms with Gasteiger partial charge >= 0.3 is 11.9 Å². The molecule has 1 aliphatic carbocycles. The van der Waals surface area contributed by atoms with E-state index in [0.717, 1.165) is 24.2 Å². The fourth-order valence-electron chi connectivity index (χ4n) is 3.74. The van der Waals surface area contributed by atoms with Gasteiger partial charge in [-0.2, -0.15) is 0 Å². The van der Waals surface area contributed by atoms with Crippen LogP contribution in [-0.2, 0) is 5.41 Å². The summed E-state index contributed by atoms with van der Waals surface area (Å²) in [6.07, 6.45) is 5.72. The number of carbonyl (C=O) groups is 2. The molecule has 5 heteroatoms. The number of hydrogen-bond donors (Lipinski definition) is 1. The molecular weight excluding hydrogens is 344 g/mol. The van der Waals surface area contributed by atoms with Gasteiger partial charge in [-0.15, -0.1) is 0 Å². The first kappa shape index (κ1) is 19.0. The largest absolute Gasteiger partial charge is 0.496 e. The van der Waals surface area contributed by atoms with E-state index < -0.39 is 11.9 Å². The van der Waals surface area contributed by atoms with E-state index in [1.165, 1.54) is 43.5 Å². The number of esters is 1. The van der Waals surface area contributed by atoms with Crippen LogP contribution in [0.15, 0.2) is 42.5 Å². The molecule has 2 aromatic carbocycles.